The van der Waals surface area contributed by atoms with Crippen molar-refractivity contribution in [3.63, 3.8) is 0 Å². The molecule has 4 aromatic heterocycles. The normalized spacial score (nSPS) is 11.9. The van der Waals surface area contributed by atoms with E-state index in [1.807, 2.05) is 66.8 Å². The van der Waals surface area contributed by atoms with Crippen molar-refractivity contribution >= 4 is 76.8 Å². The summed E-state index contributed by atoms with van der Waals surface area (Å²) in [6.45, 7) is 17.0. The van der Waals surface area contributed by atoms with Gasteiger partial charge in [0.1, 0.15) is 22.3 Å². The van der Waals surface area contributed by atoms with E-state index in [0.717, 1.165) is 144 Å². The van der Waals surface area contributed by atoms with Gasteiger partial charge in [-0.25, -0.2) is 15.0 Å². The highest BCUT2D eigenvalue weighted by atomic mass is 16.3. The number of para-hydroxylation sites is 2. The number of fused-ring (bicyclic) bond motifs is 10. The Morgan fingerprint density at radius 3 is 1.70 bits per heavy atom. The Kier molecular flexibility index (Phi) is 12.0. The van der Waals surface area contributed by atoms with Crippen LogP contribution in [-0.4, -0.2) is 19.5 Å². The predicted molar refractivity (Wildman–Crippen MR) is 338 cm³/mol. The summed E-state index contributed by atoms with van der Waals surface area (Å²) >= 11 is 0. The Hall–Kier alpha value is -11.0. The van der Waals surface area contributed by atoms with Gasteiger partial charge in [0, 0.05) is 60.8 Å². The van der Waals surface area contributed by atoms with Gasteiger partial charge in [-0.2, -0.15) is 0 Å². The fourth-order valence-corrected chi connectivity index (χ4v) is 11.4. The molecule has 0 aliphatic heterocycles. The molecule has 0 fully saturated rings. The van der Waals surface area contributed by atoms with Gasteiger partial charge in [-0.15, -0.1) is 0 Å². The number of hydrogen-bond donors (Lipinski definition) is 0. The lowest BCUT2D eigenvalue weighted by Crippen LogP contribution is -2.05. The summed E-state index contributed by atoms with van der Waals surface area (Å²) in [6.07, 6.45) is 11.3. The third kappa shape index (κ3) is 8.50. The van der Waals surface area contributed by atoms with Gasteiger partial charge < -0.3 is 13.4 Å². The molecule has 0 saturated heterocycles. The molecule has 0 amide bonds. The summed E-state index contributed by atoms with van der Waals surface area (Å²) in [5, 5.41) is 6.24. The second-order valence-electron chi connectivity index (χ2n) is 20.1. The van der Waals surface area contributed by atoms with Crippen LogP contribution in [0.1, 0.15) is 11.1 Å². The fourth-order valence-electron chi connectivity index (χ4n) is 11.4. The van der Waals surface area contributed by atoms with Crippen LogP contribution in [0.15, 0.2) is 290 Å². The Morgan fingerprint density at radius 2 is 1.00 bits per heavy atom. The van der Waals surface area contributed by atoms with E-state index in [9.17, 15) is 0 Å². The number of rotatable bonds is 13. The van der Waals surface area contributed by atoms with Gasteiger partial charge in [0.2, 0.25) is 0 Å². The van der Waals surface area contributed by atoms with Gasteiger partial charge in [-0.05, 0) is 105 Å². The maximum Gasteiger partial charge on any atom is 0.164 e. The Morgan fingerprint density at radius 1 is 0.420 bits per heavy atom. The van der Waals surface area contributed by atoms with Crippen LogP contribution in [0, 0.1) is 0 Å². The number of aromatic nitrogens is 4. The van der Waals surface area contributed by atoms with E-state index in [1.165, 1.54) is 0 Å². The first kappa shape index (κ1) is 48.4. The Labute approximate surface area is 468 Å². The predicted octanol–water partition coefficient (Wildman–Crippen LogP) is 20.3. The molecule has 14 aromatic rings. The van der Waals surface area contributed by atoms with Gasteiger partial charge in [0.15, 0.2) is 17.5 Å². The zero-order chi connectivity index (χ0) is 54.6. The van der Waals surface area contributed by atoms with Crippen LogP contribution in [0.5, 0.6) is 0 Å². The van der Waals surface area contributed by atoms with Crippen molar-refractivity contribution in [2.45, 2.75) is 0 Å². The minimum atomic E-state index is 0.496. The van der Waals surface area contributed by atoms with Crippen LogP contribution < -0.4 is 0 Å². The lowest BCUT2D eigenvalue weighted by Gasteiger charge is -2.21. The first-order valence-corrected chi connectivity index (χ1v) is 26.9. The number of allylic oxidation sites excluding steroid dienone is 8. The average Bonchev–Trinajstić information content (AvgIpc) is 4.40. The molecule has 0 aliphatic carbocycles. The van der Waals surface area contributed by atoms with Crippen molar-refractivity contribution in [2.75, 3.05) is 0 Å². The van der Waals surface area contributed by atoms with E-state index < -0.39 is 0 Å². The summed E-state index contributed by atoms with van der Waals surface area (Å²) in [5.41, 5.74) is 18.3. The first-order valence-electron chi connectivity index (χ1n) is 26.9. The van der Waals surface area contributed by atoms with Gasteiger partial charge >= 0.3 is 0 Å². The maximum absolute atomic E-state index is 7.00. The molecule has 6 heteroatoms. The lowest BCUT2D eigenvalue weighted by atomic mass is 9.92. The zero-order valence-electron chi connectivity index (χ0n) is 44.2. The second kappa shape index (κ2) is 20.1. The number of benzene rings is 10. The Balaban J connectivity index is 1.04. The molecular weight excluding hydrogens is 989 g/mol. The molecule has 0 bridgehead atoms. The minimum Gasteiger partial charge on any atom is -0.456 e. The molecular formula is C75H50N4O2. The van der Waals surface area contributed by atoms with Gasteiger partial charge in [0.25, 0.3) is 0 Å². The summed E-state index contributed by atoms with van der Waals surface area (Å²) < 4.78 is 15.7. The molecule has 0 radical (unpaired) electrons. The van der Waals surface area contributed by atoms with Crippen molar-refractivity contribution in [3.8, 4) is 73.2 Å². The average molecular weight is 1040 g/mol. The highest BCUT2D eigenvalue weighted by molar-refractivity contribution is 6.25. The summed E-state index contributed by atoms with van der Waals surface area (Å²) in [6, 6.07) is 75.9. The molecule has 0 N–H and O–H groups in total. The second-order valence-corrected chi connectivity index (χ2v) is 20.1. The van der Waals surface area contributed by atoms with Crippen LogP contribution in [0.4, 0.5) is 0 Å². The number of hydrogen-bond acceptors (Lipinski definition) is 5. The van der Waals surface area contributed by atoms with Crippen LogP contribution in [0.2, 0.25) is 0 Å². The molecule has 382 valence electrons. The largest absolute Gasteiger partial charge is 0.456 e. The van der Waals surface area contributed by atoms with Crippen LogP contribution in [0.25, 0.3) is 150 Å². The topological polar surface area (TPSA) is 69.9 Å². The maximum atomic E-state index is 7.00. The zero-order valence-corrected chi connectivity index (χ0v) is 44.2. The summed E-state index contributed by atoms with van der Waals surface area (Å²) in [7, 11) is 0. The third-order valence-electron chi connectivity index (χ3n) is 15.3. The molecule has 0 aliphatic rings. The van der Waals surface area contributed by atoms with Crippen LogP contribution in [-0.2, 0) is 0 Å². The van der Waals surface area contributed by atoms with Gasteiger partial charge in [0.05, 0.1) is 22.1 Å². The number of furan rings is 2. The lowest BCUT2D eigenvalue weighted by molar-refractivity contribution is 0.658. The smallest absolute Gasteiger partial charge is 0.164 e. The quantitative estimate of drug-likeness (QED) is 0.108. The molecule has 0 saturated carbocycles. The van der Waals surface area contributed by atoms with E-state index >= 15 is 0 Å². The molecule has 81 heavy (non-hydrogen) atoms. The van der Waals surface area contributed by atoms with Crippen molar-refractivity contribution < 1.29 is 8.83 Å². The highest BCUT2D eigenvalue weighted by Gasteiger charge is 2.26. The molecule has 0 unspecified atom stereocenters. The summed E-state index contributed by atoms with van der Waals surface area (Å²) in [5.74, 6) is 1.54. The van der Waals surface area contributed by atoms with E-state index in [2.05, 4.69) is 213 Å². The summed E-state index contributed by atoms with van der Waals surface area (Å²) in [4.78, 5) is 16.2. The SMILES string of the molecule is C=C/C=C\C(=C)c1cc(-c2ccccc2)cc(-c2nc(-c3ccc(-c4ccccc4)cc3)nc(-c3cc(/C(C=C)=C/C=C)c(-n4c5ccccc5c5c6oc7cc8oc9ccccc9c8cc7c6ccc54)c(-c4ccccc4)c3)n2)c1. The molecule has 14 rings (SSSR count). The van der Waals surface area contributed by atoms with Crippen molar-refractivity contribution in [1.82, 2.24) is 19.5 Å². The molecule has 4 heterocycles. The van der Waals surface area contributed by atoms with Crippen LogP contribution in [0.3, 0.4) is 0 Å². The van der Waals surface area contributed by atoms with E-state index in [0.29, 0.717) is 17.5 Å². The van der Waals surface area contributed by atoms with E-state index in [-0.39, 0.29) is 0 Å². The molecule has 6 nitrogen and oxygen atoms in total. The molecule has 10 aromatic carbocycles. The molecule has 0 atom stereocenters. The fraction of sp³-hybridized carbons (Fsp3) is 0. The highest BCUT2D eigenvalue weighted by Crippen LogP contribution is 2.47. The van der Waals surface area contributed by atoms with Crippen molar-refractivity contribution in [3.05, 3.63) is 292 Å². The van der Waals surface area contributed by atoms with E-state index in [1.54, 1.807) is 6.08 Å². The monoisotopic (exact) mass is 1040 g/mol. The minimum absolute atomic E-state index is 0.496. The third-order valence-corrected chi connectivity index (χ3v) is 15.3. The van der Waals surface area contributed by atoms with Gasteiger partial charge in [-0.3, -0.25) is 0 Å². The van der Waals surface area contributed by atoms with E-state index in [4.69, 9.17) is 23.8 Å². The van der Waals surface area contributed by atoms with Crippen molar-refractivity contribution in [2.24, 2.45) is 0 Å². The Bertz CT molecular complexity index is 4920. The number of nitrogens with zero attached hydrogens (tertiary/aromatic N) is 4. The van der Waals surface area contributed by atoms with Crippen molar-refractivity contribution in [1.29, 1.82) is 0 Å². The first-order chi connectivity index (χ1) is 39.9. The van der Waals surface area contributed by atoms with Gasteiger partial charge in [-0.1, -0.05) is 214 Å². The molecule has 0 spiro atoms. The standard InChI is InChI=1S/C75H50N4O2/c1-5-8-23-47(4)54-40-55(50-26-14-10-15-27-50)42-56(41-54)74-76-73(53-36-34-51(35-37-53)49-24-12-9-13-25-49)77-75(78-74)57-43-61(48(7-3)22-6-2)71(62(44-57)52-28-16-11-17-29-52)79-65-32-20-18-31-60(65)70-66(79)39-38-59-64-45-63-58-30-19-21-33-67(58)80-68(63)46-69(64)81-72(59)70/h5-46H,1-4H2/b23-8-,48-22+. The van der Waals surface area contributed by atoms with Crippen LogP contribution >= 0.6 is 0 Å².